The highest BCUT2D eigenvalue weighted by Gasteiger charge is 2.31. The number of benzene rings is 15. The van der Waals surface area contributed by atoms with Gasteiger partial charge in [0, 0.05) is 53.4 Å². The van der Waals surface area contributed by atoms with Crippen LogP contribution in [0, 0.1) is 0 Å². The largest absolute Gasteiger partial charge is 0.309 e. The molecule has 8 heteroatoms. The zero-order valence-electron chi connectivity index (χ0n) is 53.1. The monoisotopic (exact) mass is 1290 g/mol. The Morgan fingerprint density at radius 2 is 0.520 bits per heavy atom. The molecule has 0 saturated carbocycles. The molecule has 0 radical (unpaired) electrons. The van der Waals surface area contributed by atoms with Crippen molar-refractivity contribution in [1.29, 1.82) is 0 Å². The van der Waals surface area contributed by atoms with Crippen molar-refractivity contribution in [2.75, 3.05) is 0 Å². The SMILES string of the molecule is O=P(c1ccccc1)(c1ccccc1)c1ccc(-c2cccc(-c3ccc4c5ccccc5c5nc6ccccc6n5c4c3)c2)cc1.O=P(c1ccccc1)(c1ccccc1)c1ccc2cc(-c3cccc(-c4ccc5c6ccccc6c6nc7ccccc7n6c5c4)c3)ccc2c1. The van der Waals surface area contributed by atoms with Crippen molar-refractivity contribution >= 4 is 134 Å². The summed E-state index contributed by atoms with van der Waals surface area (Å²) in [6, 6.07) is 125. The second kappa shape index (κ2) is 24.0. The summed E-state index contributed by atoms with van der Waals surface area (Å²) < 4.78 is 34.4. The second-order valence-corrected chi connectivity index (χ2v) is 30.6. The molecule has 0 N–H and O–H groups in total. The fourth-order valence-corrected chi connectivity index (χ4v) is 20.0. The molecule has 0 atom stereocenters. The molecule has 0 aliphatic carbocycles. The summed E-state index contributed by atoms with van der Waals surface area (Å²) in [6.07, 6.45) is 0. The van der Waals surface area contributed by atoms with Crippen LogP contribution in [-0.2, 0) is 9.13 Å². The van der Waals surface area contributed by atoms with Crippen LogP contribution < -0.4 is 31.8 Å². The molecule has 15 aromatic carbocycles. The molecule has 0 spiro atoms. The van der Waals surface area contributed by atoms with Gasteiger partial charge in [-0.25, -0.2) is 9.97 Å². The Bertz CT molecular complexity index is 6340. The van der Waals surface area contributed by atoms with Crippen molar-refractivity contribution in [3.8, 4) is 44.5 Å². The molecule has 0 aliphatic heterocycles. The van der Waals surface area contributed by atoms with E-state index in [1.807, 2.05) is 146 Å². The van der Waals surface area contributed by atoms with Gasteiger partial charge in [0.2, 0.25) is 0 Å². The van der Waals surface area contributed by atoms with E-state index in [2.05, 4.69) is 227 Å². The number of hydrogen-bond donors (Lipinski definition) is 0. The summed E-state index contributed by atoms with van der Waals surface area (Å²) in [7, 11) is -6.08. The maximum absolute atomic E-state index is 15.0. The molecule has 19 rings (SSSR count). The summed E-state index contributed by atoms with van der Waals surface area (Å²) in [5.74, 6) is 0. The highest BCUT2D eigenvalue weighted by Crippen LogP contribution is 2.45. The predicted octanol–water partition coefficient (Wildman–Crippen LogP) is 20.7. The van der Waals surface area contributed by atoms with Crippen molar-refractivity contribution in [1.82, 2.24) is 18.8 Å². The molecule has 4 heterocycles. The van der Waals surface area contributed by atoms with E-state index in [1.54, 1.807) is 0 Å². The van der Waals surface area contributed by atoms with Crippen molar-refractivity contribution < 1.29 is 9.13 Å². The van der Waals surface area contributed by atoms with E-state index in [0.29, 0.717) is 0 Å². The zero-order chi connectivity index (χ0) is 65.3. The Kier molecular flexibility index (Phi) is 14.3. The zero-order valence-corrected chi connectivity index (χ0v) is 54.9. The standard InChI is InChI=1S/C47H31N2OP.C43H29N2OP/c50-51(38-14-3-1-4-15-38,39-16-5-2-6-17-39)40-26-24-35-29-34(22-23-36(35)30-40)32-12-11-13-33(28-32)37-25-27-42-41-18-7-8-19-43(41)47-48-44-20-9-10-21-45(44)49(47)46(42)31-37;46-47(34-14-3-1-4-15-34,35-16-5-2-6-17-35)36-25-22-30(23-26-36)31-12-11-13-32(28-31)33-24-27-38-37-18-7-8-19-39(37)43-44-40-20-9-10-21-41(40)45(43)42(38)29-33/h1-31H;1-29H. The Balaban J connectivity index is 0.000000143. The third kappa shape index (κ3) is 9.87. The minimum absolute atomic E-state index is 0.827. The molecule has 0 saturated heterocycles. The van der Waals surface area contributed by atoms with E-state index < -0.39 is 14.3 Å². The topological polar surface area (TPSA) is 68.7 Å². The maximum atomic E-state index is 15.0. The van der Waals surface area contributed by atoms with Crippen molar-refractivity contribution in [2.24, 2.45) is 0 Å². The second-order valence-electron chi connectivity index (χ2n) is 25.1. The fraction of sp³-hybridized carbons (Fsp3) is 0. The van der Waals surface area contributed by atoms with Gasteiger partial charge in [-0.05, 0) is 127 Å². The average molecular weight is 1290 g/mol. The van der Waals surface area contributed by atoms with Crippen LogP contribution in [0.3, 0.4) is 0 Å². The molecule has 0 fully saturated rings. The van der Waals surface area contributed by atoms with Crippen LogP contribution in [0.5, 0.6) is 0 Å². The summed E-state index contributed by atoms with van der Waals surface area (Å²) in [6.45, 7) is 0. The number of aromatic nitrogens is 4. The van der Waals surface area contributed by atoms with E-state index in [0.717, 1.165) is 142 Å². The minimum Gasteiger partial charge on any atom is -0.309 e. The molecule has 0 bridgehead atoms. The Morgan fingerprint density at radius 1 is 0.204 bits per heavy atom. The van der Waals surface area contributed by atoms with Gasteiger partial charge < -0.3 is 9.13 Å². The van der Waals surface area contributed by atoms with E-state index in [4.69, 9.17) is 9.97 Å². The third-order valence-corrected chi connectivity index (χ3v) is 25.6. The van der Waals surface area contributed by atoms with Gasteiger partial charge >= 0.3 is 0 Å². The first-order valence-electron chi connectivity index (χ1n) is 33.1. The van der Waals surface area contributed by atoms with Crippen LogP contribution in [0.4, 0.5) is 0 Å². The lowest BCUT2D eigenvalue weighted by atomic mass is 9.96. The quantitative estimate of drug-likeness (QED) is 0.101. The first-order valence-corrected chi connectivity index (χ1v) is 36.5. The predicted molar refractivity (Wildman–Crippen MR) is 413 cm³/mol. The first-order chi connectivity index (χ1) is 48.3. The number of para-hydroxylation sites is 4. The Hall–Kier alpha value is -12.0. The average Bonchev–Trinajstić information content (AvgIpc) is 1.54. The fourth-order valence-electron chi connectivity index (χ4n) is 14.7. The number of hydrogen-bond acceptors (Lipinski definition) is 4. The summed E-state index contributed by atoms with van der Waals surface area (Å²) >= 11 is 0. The maximum Gasteiger partial charge on any atom is 0.171 e. The smallest absolute Gasteiger partial charge is 0.171 e. The van der Waals surface area contributed by atoms with Crippen LogP contribution >= 0.6 is 14.3 Å². The molecule has 98 heavy (non-hydrogen) atoms. The normalized spacial score (nSPS) is 12.0. The van der Waals surface area contributed by atoms with Crippen LogP contribution in [0.1, 0.15) is 0 Å². The van der Waals surface area contributed by atoms with Gasteiger partial charge in [-0.2, -0.15) is 0 Å². The molecule has 0 unspecified atom stereocenters. The molecule has 0 aliphatic rings. The summed E-state index contributed by atoms with van der Waals surface area (Å²) in [5.41, 5.74) is 17.5. The number of rotatable bonds is 10. The van der Waals surface area contributed by atoms with Gasteiger partial charge in [0.1, 0.15) is 11.3 Å². The van der Waals surface area contributed by atoms with Crippen molar-refractivity contribution in [3.05, 3.63) is 364 Å². The molecule has 462 valence electrons. The molecule has 4 aromatic heterocycles. The molecule has 6 nitrogen and oxygen atoms in total. The highest BCUT2D eigenvalue weighted by molar-refractivity contribution is 7.85. The Labute approximate surface area is 566 Å². The van der Waals surface area contributed by atoms with E-state index in [1.165, 1.54) is 21.5 Å². The van der Waals surface area contributed by atoms with Crippen LogP contribution in [0.2, 0.25) is 0 Å². The van der Waals surface area contributed by atoms with Crippen molar-refractivity contribution in [2.45, 2.75) is 0 Å². The highest BCUT2D eigenvalue weighted by atomic mass is 31.2. The number of imidazole rings is 2. The first kappa shape index (κ1) is 58.5. The van der Waals surface area contributed by atoms with E-state index >= 15 is 0 Å². The molecular weight excluding hydrogens is 1230 g/mol. The lowest BCUT2D eigenvalue weighted by Crippen LogP contribution is -2.24. The number of nitrogens with zero attached hydrogens (tertiary/aromatic N) is 4. The lowest BCUT2D eigenvalue weighted by Gasteiger charge is -2.20. The van der Waals surface area contributed by atoms with Crippen LogP contribution in [0.15, 0.2) is 364 Å². The minimum atomic E-state index is -3.05. The van der Waals surface area contributed by atoms with Gasteiger partial charge in [0.15, 0.2) is 14.3 Å². The van der Waals surface area contributed by atoms with Gasteiger partial charge in [0.05, 0.1) is 33.1 Å². The number of pyridine rings is 2. The van der Waals surface area contributed by atoms with Crippen LogP contribution in [0.25, 0.3) is 132 Å². The molecular formula is C90H60N4O2P2. The molecule has 0 amide bonds. The van der Waals surface area contributed by atoms with Gasteiger partial charge in [-0.15, -0.1) is 0 Å². The van der Waals surface area contributed by atoms with Crippen molar-refractivity contribution in [3.63, 3.8) is 0 Å². The third-order valence-electron chi connectivity index (χ3n) is 19.5. The van der Waals surface area contributed by atoms with E-state index in [-0.39, 0.29) is 0 Å². The summed E-state index contributed by atoms with van der Waals surface area (Å²) in [5, 5.41) is 14.3. The van der Waals surface area contributed by atoms with E-state index in [9.17, 15) is 9.13 Å². The van der Waals surface area contributed by atoms with Gasteiger partial charge in [-0.1, -0.05) is 303 Å². The van der Waals surface area contributed by atoms with Crippen LogP contribution in [-0.4, -0.2) is 18.8 Å². The van der Waals surface area contributed by atoms with Gasteiger partial charge in [0.25, 0.3) is 0 Å². The molecule has 19 aromatic rings. The Morgan fingerprint density at radius 3 is 0.980 bits per heavy atom. The number of fused-ring (bicyclic) bond motifs is 17. The lowest BCUT2D eigenvalue weighted by molar-refractivity contribution is 0.591. The van der Waals surface area contributed by atoms with Gasteiger partial charge in [-0.3, -0.25) is 8.80 Å². The summed E-state index contributed by atoms with van der Waals surface area (Å²) in [4.78, 5) is 10.1.